The van der Waals surface area contributed by atoms with E-state index >= 15 is 0 Å². The summed E-state index contributed by atoms with van der Waals surface area (Å²) in [7, 11) is -3.85. The number of aryl methyl sites for hydroxylation is 1. The monoisotopic (exact) mass is 276 g/mol. The normalized spacial score (nSPS) is 13.6. The number of aliphatic hydroxyl groups is 1. The Morgan fingerprint density at radius 1 is 1.44 bits per heavy atom. The van der Waals surface area contributed by atoms with E-state index in [9.17, 15) is 13.2 Å². The molecule has 0 radical (unpaired) electrons. The molecule has 1 rings (SSSR count). The minimum absolute atomic E-state index is 0.0831. The number of aliphatic hydroxyl groups excluding tert-OH is 1. The van der Waals surface area contributed by atoms with E-state index in [2.05, 4.69) is 9.71 Å². The van der Waals surface area contributed by atoms with Crippen molar-refractivity contribution in [1.29, 1.82) is 0 Å². The third-order valence-corrected chi connectivity index (χ3v) is 4.34. The number of sulfonamides is 1. The van der Waals surface area contributed by atoms with Gasteiger partial charge < -0.3 is 15.2 Å². The van der Waals surface area contributed by atoms with Gasteiger partial charge in [-0.05, 0) is 20.8 Å². The maximum atomic E-state index is 12.0. The van der Waals surface area contributed by atoms with Gasteiger partial charge in [0, 0.05) is 17.3 Å². The molecule has 0 aliphatic carbocycles. The molecule has 0 bridgehead atoms. The maximum Gasteiger partial charge on any atom is 0.352 e. The average molecular weight is 276 g/mol. The van der Waals surface area contributed by atoms with Gasteiger partial charge in [-0.2, -0.15) is 0 Å². The van der Waals surface area contributed by atoms with Gasteiger partial charge in [-0.15, -0.1) is 0 Å². The molecule has 4 N–H and O–H groups in total. The van der Waals surface area contributed by atoms with Crippen molar-refractivity contribution in [3.8, 4) is 0 Å². The predicted octanol–water partition coefficient (Wildman–Crippen LogP) is -0.0112. The second kappa shape index (κ2) is 5.09. The topological polar surface area (TPSA) is 119 Å². The molecule has 0 saturated heterocycles. The van der Waals surface area contributed by atoms with Crippen molar-refractivity contribution in [2.24, 2.45) is 0 Å². The van der Waals surface area contributed by atoms with E-state index in [4.69, 9.17) is 10.2 Å². The number of aromatic carboxylic acids is 1. The molecular weight excluding hydrogens is 260 g/mol. The zero-order chi connectivity index (χ0) is 14.1. The first kappa shape index (κ1) is 14.7. The van der Waals surface area contributed by atoms with Crippen molar-refractivity contribution < 1.29 is 23.4 Å². The average Bonchev–Trinajstić information content (AvgIpc) is 2.53. The summed E-state index contributed by atoms with van der Waals surface area (Å²) in [6.07, 6.45) is 0. The molecule has 0 aliphatic rings. The molecule has 102 valence electrons. The molecule has 0 aromatic carbocycles. The van der Waals surface area contributed by atoms with Gasteiger partial charge in [-0.25, -0.2) is 17.9 Å². The van der Waals surface area contributed by atoms with Gasteiger partial charge in [-0.1, -0.05) is 0 Å². The molecule has 0 saturated carbocycles. The van der Waals surface area contributed by atoms with E-state index in [-0.39, 0.29) is 28.5 Å². The van der Waals surface area contributed by atoms with Crippen LogP contribution in [0, 0.1) is 13.8 Å². The molecule has 0 unspecified atom stereocenters. The second-order valence-corrected chi connectivity index (χ2v) is 5.74. The largest absolute Gasteiger partial charge is 0.477 e. The Labute approximate surface area is 105 Å². The summed E-state index contributed by atoms with van der Waals surface area (Å²) in [6.45, 7) is 4.07. The van der Waals surface area contributed by atoms with Gasteiger partial charge in [0.2, 0.25) is 10.0 Å². The lowest BCUT2D eigenvalue weighted by Gasteiger charge is -2.12. The molecule has 7 nitrogen and oxygen atoms in total. The first-order chi connectivity index (χ1) is 8.20. The first-order valence-corrected chi connectivity index (χ1v) is 6.74. The van der Waals surface area contributed by atoms with Crippen LogP contribution in [0.1, 0.15) is 28.7 Å². The fourth-order valence-electron chi connectivity index (χ4n) is 1.71. The predicted molar refractivity (Wildman–Crippen MR) is 64.1 cm³/mol. The van der Waals surface area contributed by atoms with Crippen LogP contribution in [0.3, 0.4) is 0 Å². The maximum absolute atomic E-state index is 12.0. The van der Waals surface area contributed by atoms with Gasteiger partial charge in [0.1, 0.15) is 10.6 Å². The van der Waals surface area contributed by atoms with E-state index in [0.717, 1.165) is 0 Å². The summed E-state index contributed by atoms with van der Waals surface area (Å²) < 4.78 is 26.4. The molecule has 0 amide bonds. The van der Waals surface area contributed by atoms with E-state index in [1.165, 1.54) is 20.8 Å². The number of nitrogens with one attached hydrogen (secondary N) is 2. The highest BCUT2D eigenvalue weighted by Gasteiger charge is 2.27. The number of aromatic amines is 1. The van der Waals surface area contributed by atoms with E-state index in [1.807, 2.05) is 0 Å². The number of rotatable bonds is 5. The number of hydrogen-bond donors (Lipinski definition) is 4. The summed E-state index contributed by atoms with van der Waals surface area (Å²) in [5.41, 5.74) is 0.254. The molecular formula is C10H16N2O5S. The van der Waals surface area contributed by atoms with Crippen LogP contribution >= 0.6 is 0 Å². The second-order valence-electron chi connectivity index (χ2n) is 4.09. The summed E-state index contributed by atoms with van der Waals surface area (Å²) >= 11 is 0. The summed E-state index contributed by atoms with van der Waals surface area (Å²) in [5, 5.41) is 17.8. The number of carboxylic acid groups (broad SMARTS) is 1. The minimum Gasteiger partial charge on any atom is -0.477 e. The van der Waals surface area contributed by atoms with Gasteiger partial charge in [0.25, 0.3) is 0 Å². The van der Waals surface area contributed by atoms with Crippen molar-refractivity contribution in [2.45, 2.75) is 31.7 Å². The summed E-state index contributed by atoms with van der Waals surface area (Å²) in [4.78, 5) is 13.4. The van der Waals surface area contributed by atoms with Crippen LogP contribution in [0.4, 0.5) is 0 Å². The van der Waals surface area contributed by atoms with Crippen molar-refractivity contribution in [3.63, 3.8) is 0 Å². The van der Waals surface area contributed by atoms with E-state index < -0.39 is 22.0 Å². The van der Waals surface area contributed by atoms with Gasteiger partial charge in [0.15, 0.2) is 0 Å². The van der Waals surface area contributed by atoms with Crippen LogP contribution in [0.15, 0.2) is 4.90 Å². The zero-order valence-corrected chi connectivity index (χ0v) is 11.1. The molecule has 1 atom stereocenters. The molecule has 1 heterocycles. The quantitative estimate of drug-likeness (QED) is 0.603. The number of hydrogen-bond acceptors (Lipinski definition) is 4. The Balaban J connectivity index is 3.29. The number of aromatic nitrogens is 1. The summed E-state index contributed by atoms with van der Waals surface area (Å²) in [6, 6.07) is -0.642. The fourth-order valence-corrected chi connectivity index (χ4v) is 3.39. The lowest BCUT2D eigenvalue weighted by molar-refractivity contribution is 0.0690. The Morgan fingerprint density at radius 2 is 2.00 bits per heavy atom. The number of carboxylic acids is 1. The van der Waals surface area contributed by atoms with Crippen LogP contribution in [-0.4, -0.2) is 42.2 Å². The van der Waals surface area contributed by atoms with E-state index in [0.29, 0.717) is 0 Å². The smallest absolute Gasteiger partial charge is 0.352 e. The third kappa shape index (κ3) is 2.71. The van der Waals surface area contributed by atoms with Crippen molar-refractivity contribution >= 4 is 16.0 Å². The summed E-state index contributed by atoms with van der Waals surface area (Å²) in [5.74, 6) is -1.22. The molecule has 8 heteroatoms. The Hall–Kier alpha value is -1.38. The molecule has 1 aromatic heterocycles. The van der Waals surface area contributed by atoms with Crippen molar-refractivity contribution in [1.82, 2.24) is 9.71 Å². The van der Waals surface area contributed by atoms with Crippen LogP contribution in [-0.2, 0) is 10.0 Å². The Morgan fingerprint density at radius 3 is 2.39 bits per heavy atom. The lowest BCUT2D eigenvalue weighted by atomic mass is 10.2. The fraction of sp³-hybridized carbons (Fsp3) is 0.500. The van der Waals surface area contributed by atoms with Gasteiger partial charge in [0.05, 0.1) is 6.61 Å². The highest BCUT2D eigenvalue weighted by atomic mass is 32.2. The Kier molecular flexibility index (Phi) is 4.15. The van der Waals surface area contributed by atoms with E-state index in [1.54, 1.807) is 0 Å². The molecule has 0 spiro atoms. The van der Waals surface area contributed by atoms with Gasteiger partial charge >= 0.3 is 5.97 Å². The molecule has 0 fully saturated rings. The molecule has 18 heavy (non-hydrogen) atoms. The zero-order valence-electron chi connectivity index (χ0n) is 10.3. The Bertz CT molecular complexity index is 561. The molecule has 0 aliphatic heterocycles. The van der Waals surface area contributed by atoms with Crippen molar-refractivity contribution in [3.05, 3.63) is 17.0 Å². The molecule has 1 aromatic rings. The van der Waals surface area contributed by atoms with Crippen LogP contribution < -0.4 is 4.72 Å². The SMILES string of the molecule is Cc1[nH]c(C(=O)O)c(C)c1S(=O)(=O)N[C@H](C)CO. The van der Waals surface area contributed by atoms with Gasteiger partial charge in [-0.3, -0.25) is 0 Å². The lowest BCUT2D eigenvalue weighted by Crippen LogP contribution is -2.35. The standard InChI is InChI=1S/C10H16N2O5S/c1-5(4-13)12-18(16,17)9-6(2)8(10(14)15)11-7(9)3/h5,11-13H,4H2,1-3H3,(H,14,15)/t5-/m1/s1. The van der Waals surface area contributed by atoms with Crippen LogP contribution in [0.25, 0.3) is 0 Å². The highest BCUT2D eigenvalue weighted by Crippen LogP contribution is 2.23. The van der Waals surface area contributed by atoms with Crippen LogP contribution in [0.5, 0.6) is 0 Å². The van der Waals surface area contributed by atoms with Crippen LogP contribution in [0.2, 0.25) is 0 Å². The third-order valence-electron chi connectivity index (χ3n) is 2.48. The minimum atomic E-state index is -3.85. The number of H-pyrrole nitrogens is 1. The van der Waals surface area contributed by atoms with Crippen molar-refractivity contribution in [2.75, 3.05) is 6.61 Å². The number of carbonyl (C=O) groups is 1. The highest BCUT2D eigenvalue weighted by molar-refractivity contribution is 7.89. The first-order valence-electron chi connectivity index (χ1n) is 5.26.